The largest absolute Gasteiger partial charge is 0.496 e. The van der Waals surface area contributed by atoms with Crippen LogP contribution in [0.25, 0.3) is 33.1 Å². The van der Waals surface area contributed by atoms with E-state index in [1.54, 1.807) is 13.2 Å². The molecule has 0 radical (unpaired) electrons. The van der Waals surface area contributed by atoms with Crippen LogP contribution in [-0.4, -0.2) is 45.4 Å². The molecule has 0 aliphatic carbocycles. The first-order valence-electron chi connectivity index (χ1n) is 8.06. The summed E-state index contributed by atoms with van der Waals surface area (Å²) in [6, 6.07) is 3.63. The van der Waals surface area contributed by atoms with E-state index in [0.29, 0.717) is 33.4 Å². The second-order valence-electron chi connectivity index (χ2n) is 6.01. The second kappa shape index (κ2) is 5.97. The molecule has 0 saturated heterocycles. The number of hydrogen-bond donors (Lipinski definition) is 2. The van der Waals surface area contributed by atoms with Crippen molar-refractivity contribution >= 4 is 27.9 Å². The number of H-pyrrole nitrogens is 1. The summed E-state index contributed by atoms with van der Waals surface area (Å²) in [5.74, 6) is -0.0447. The van der Waals surface area contributed by atoms with Crippen molar-refractivity contribution in [2.24, 2.45) is 0 Å². The number of carbonyl (C=O) groups excluding carboxylic acids is 1. The van der Waals surface area contributed by atoms with Crippen LogP contribution in [0.5, 0.6) is 11.6 Å². The lowest BCUT2D eigenvalue weighted by molar-refractivity contribution is 0.0586. The Balaban J connectivity index is 2.04. The molecule has 0 unspecified atom stereocenters. The summed E-state index contributed by atoms with van der Waals surface area (Å²) in [6.45, 7) is 3.67. The van der Waals surface area contributed by atoms with E-state index < -0.39 is 5.97 Å². The summed E-state index contributed by atoms with van der Waals surface area (Å²) in [4.78, 5) is 22.8. The SMILES string of the molecule is COC(=O)c1nc(O)c2c(n1)[nH]c1cc(-c3c(C)noc3C)c(OC)cc12. The molecule has 4 rings (SSSR count). The fourth-order valence-corrected chi connectivity index (χ4v) is 3.22. The predicted octanol–water partition coefficient (Wildman–Crippen LogP) is 2.88. The summed E-state index contributed by atoms with van der Waals surface area (Å²) in [5.41, 5.74) is 3.35. The number of aromatic nitrogens is 4. The van der Waals surface area contributed by atoms with Crippen molar-refractivity contribution in [1.82, 2.24) is 20.1 Å². The molecule has 0 atom stereocenters. The Bertz CT molecular complexity index is 1190. The summed E-state index contributed by atoms with van der Waals surface area (Å²) >= 11 is 0. The lowest BCUT2D eigenvalue weighted by Crippen LogP contribution is -2.07. The van der Waals surface area contributed by atoms with Crippen molar-refractivity contribution in [3.63, 3.8) is 0 Å². The first-order valence-corrected chi connectivity index (χ1v) is 8.06. The molecule has 138 valence electrons. The molecule has 0 spiro atoms. The van der Waals surface area contributed by atoms with Crippen LogP contribution in [0.2, 0.25) is 0 Å². The minimum Gasteiger partial charge on any atom is -0.496 e. The Morgan fingerprint density at radius 2 is 2.00 bits per heavy atom. The van der Waals surface area contributed by atoms with Gasteiger partial charge in [0.05, 0.1) is 30.9 Å². The Kier molecular flexibility index (Phi) is 3.72. The zero-order valence-corrected chi connectivity index (χ0v) is 15.1. The van der Waals surface area contributed by atoms with E-state index in [1.165, 1.54) is 7.11 Å². The first kappa shape index (κ1) is 16.8. The Labute approximate surface area is 152 Å². The van der Waals surface area contributed by atoms with Crippen LogP contribution in [0.1, 0.15) is 22.1 Å². The van der Waals surface area contributed by atoms with E-state index in [2.05, 4.69) is 24.8 Å². The van der Waals surface area contributed by atoms with Gasteiger partial charge in [-0.25, -0.2) is 9.78 Å². The maximum atomic E-state index is 11.7. The van der Waals surface area contributed by atoms with Crippen molar-refractivity contribution in [1.29, 1.82) is 0 Å². The Morgan fingerprint density at radius 1 is 1.22 bits per heavy atom. The van der Waals surface area contributed by atoms with E-state index >= 15 is 0 Å². The fourth-order valence-electron chi connectivity index (χ4n) is 3.22. The van der Waals surface area contributed by atoms with E-state index in [4.69, 9.17) is 9.26 Å². The van der Waals surface area contributed by atoms with E-state index in [1.807, 2.05) is 19.9 Å². The predicted molar refractivity (Wildman–Crippen MR) is 95.9 cm³/mol. The zero-order valence-electron chi connectivity index (χ0n) is 15.1. The van der Waals surface area contributed by atoms with Gasteiger partial charge in [-0.05, 0) is 26.0 Å². The van der Waals surface area contributed by atoms with Crippen LogP contribution in [-0.2, 0) is 4.74 Å². The molecule has 0 aliphatic heterocycles. The summed E-state index contributed by atoms with van der Waals surface area (Å²) in [5, 5.41) is 15.4. The third kappa shape index (κ3) is 2.47. The molecule has 0 saturated carbocycles. The number of ether oxygens (including phenoxy) is 2. The molecule has 0 fully saturated rings. The highest BCUT2D eigenvalue weighted by molar-refractivity contribution is 6.11. The Hall–Kier alpha value is -3.62. The fraction of sp³-hybridized carbons (Fsp3) is 0.222. The number of nitrogens with one attached hydrogen (secondary N) is 1. The monoisotopic (exact) mass is 368 g/mol. The van der Waals surface area contributed by atoms with Gasteiger partial charge in [0.2, 0.25) is 11.7 Å². The van der Waals surface area contributed by atoms with Gasteiger partial charge in [-0.2, -0.15) is 4.98 Å². The number of carbonyl (C=O) groups is 1. The van der Waals surface area contributed by atoms with Crippen molar-refractivity contribution in [3.8, 4) is 22.8 Å². The molecule has 0 amide bonds. The third-order valence-electron chi connectivity index (χ3n) is 4.42. The normalized spacial score (nSPS) is 11.3. The average Bonchev–Trinajstić information content (AvgIpc) is 3.18. The second-order valence-corrected chi connectivity index (χ2v) is 6.01. The molecule has 9 heteroatoms. The minimum atomic E-state index is -0.736. The number of nitrogens with zero attached hydrogens (tertiary/aromatic N) is 3. The summed E-state index contributed by atoms with van der Waals surface area (Å²) in [6.07, 6.45) is 0. The topological polar surface area (TPSA) is 123 Å². The van der Waals surface area contributed by atoms with E-state index in [-0.39, 0.29) is 11.7 Å². The molecular formula is C18H16N4O5. The maximum absolute atomic E-state index is 11.7. The van der Waals surface area contributed by atoms with Gasteiger partial charge in [0, 0.05) is 16.5 Å². The number of rotatable bonds is 3. The Morgan fingerprint density at radius 3 is 2.63 bits per heavy atom. The van der Waals surface area contributed by atoms with E-state index in [9.17, 15) is 9.90 Å². The van der Waals surface area contributed by atoms with Gasteiger partial charge in [0.1, 0.15) is 17.2 Å². The molecule has 2 N–H and O–H groups in total. The summed E-state index contributed by atoms with van der Waals surface area (Å²) < 4.78 is 15.4. The van der Waals surface area contributed by atoms with Gasteiger partial charge in [0.15, 0.2) is 0 Å². The van der Waals surface area contributed by atoms with Crippen LogP contribution < -0.4 is 4.74 Å². The average molecular weight is 368 g/mol. The number of esters is 1. The van der Waals surface area contributed by atoms with Crippen molar-refractivity contribution in [2.75, 3.05) is 14.2 Å². The lowest BCUT2D eigenvalue weighted by Gasteiger charge is -2.09. The molecule has 3 aromatic heterocycles. The number of methoxy groups -OCH3 is 2. The van der Waals surface area contributed by atoms with Gasteiger partial charge in [-0.15, -0.1) is 0 Å². The standard InChI is InChI=1S/C18H16N4O5/c1-7-13(8(2)27-22-7)10-5-11-9(6-12(10)25-3)14-15(19-11)20-16(18(24)26-4)21-17(14)23/h5-6H,1-4H3,(H2,19,20,21,23). The molecule has 4 aromatic rings. The molecule has 3 heterocycles. The number of aromatic hydroxyl groups is 1. The van der Waals surface area contributed by atoms with Crippen LogP contribution in [0.4, 0.5) is 0 Å². The van der Waals surface area contributed by atoms with Gasteiger partial charge in [-0.3, -0.25) is 0 Å². The highest BCUT2D eigenvalue weighted by atomic mass is 16.5. The first-order chi connectivity index (χ1) is 12.9. The smallest absolute Gasteiger partial charge is 0.376 e. The van der Waals surface area contributed by atoms with Crippen LogP contribution >= 0.6 is 0 Å². The molecular weight excluding hydrogens is 352 g/mol. The molecule has 0 aliphatic rings. The summed E-state index contributed by atoms with van der Waals surface area (Å²) in [7, 11) is 2.78. The highest BCUT2D eigenvalue weighted by Gasteiger charge is 2.21. The number of hydrogen-bond acceptors (Lipinski definition) is 8. The van der Waals surface area contributed by atoms with Crippen molar-refractivity contribution < 1.29 is 23.9 Å². The van der Waals surface area contributed by atoms with Crippen LogP contribution in [0.15, 0.2) is 16.7 Å². The van der Waals surface area contributed by atoms with Crippen LogP contribution in [0, 0.1) is 13.8 Å². The number of benzene rings is 1. The maximum Gasteiger partial charge on any atom is 0.376 e. The third-order valence-corrected chi connectivity index (χ3v) is 4.42. The minimum absolute atomic E-state index is 0.230. The van der Waals surface area contributed by atoms with Crippen LogP contribution in [0.3, 0.4) is 0 Å². The molecule has 1 aromatic carbocycles. The van der Waals surface area contributed by atoms with Gasteiger partial charge in [-0.1, -0.05) is 5.16 Å². The van der Waals surface area contributed by atoms with Gasteiger partial charge >= 0.3 is 5.97 Å². The highest BCUT2D eigenvalue weighted by Crippen LogP contribution is 2.40. The van der Waals surface area contributed by atoms with Gasteiger partial charge in [0.25, 0.3) is 0 Å². The van der Waals surface area contributed by atoms with E-state index in [0.717, 1.165) is 16.8 Å². The number of aromatic amines is 1. The molecule has 0 bridgehead atoms. The van der Waals surface area contributed by atoms with Crippen molar-refractivity contribution in [3.05, 3.63) is 29.4 Å². The number of aryl methyl sites for hydroxylation is 2. The molecule has 27 heavy (non-hydrogen) atoms. The van der Waals surface area contributed by atoms with Crippen molar-refractivity contribution in [2.45, 2.75) is 13.8 Å². The number of fused-ring (bicyclic) bond motifs is 3. The zero-order chi connectivity index (χ0) is 19.3. The quantitative estimate of drug-likeness (QED) is 0.529. The lowest BCUT2D eigenvalue weighted by atomic mass is 10.0. The van der Waals surface area contributed by atoms with Gasteiger partial charge < -0.3 is 24.1 Å². The molecule has 9 nitrogen and oxygen atoms in total.